The highest BCUT2D eigenvalue weighted by Gasteiger charge is 2.30. The molecule has 0 radical (unpaired) electrons. The molecule has 0 atom stereocenters. The van der Waals surface area contributed by atoms with E-state index in [0.29, 0.717) is 11.8 Å². The van der Waals surface area contributed by atoms with Crippen molar-refractivity contribution in [3.05, 3.63) is 58.3 Å². The molecular formula is C25H27BrN4. The lowest BCUT2D eigenvalue weighted by molar-refractivity contribution is 0.499. The molecule has 3 fully saturated rings. The highest BCUT2D eigenvalue weighted by Crippen LogP contribution is 2.42. The Bertz CT molecular complexity index is 1080. The molecule has 30 heavy (non-hydrogen) atoms. The van der Waals surface area contributed by atoms with Gasteiger partial charge in [-0.1, -0.05) is 34.1 Å². The monoisotopic (exact) mass is 462 g/mol. The molecule has 0 spiro atoms. The average Bonchev–Trinajstić information content (AvgIpc) is 3.58. The minimum Gasteiger partial charge on any atom is -0.371 e. The van der Waals surface area contributed by atoms with Crippen molar-refractivity contribution in [2.24, 2.45) is 0 Å². The minimum atomic E-state index is 0.567. The molecule has 0 unspecified atom stereocenters. The molecule has 5 heteroatoms. The highest BCUT2D eigenvalue weighted by molar-refractivity contribution is 9.10. The van der Waals surface area contributed by atoms with Crippen molar-refractivity contribution in [3.63, 3.8) is 0 Å². The van der Waals surface area contributed by atoms with Gasteiger partial charge in [-0.15, -0.1) is 0 Å². The van der Waals surface area contributed by atoms with E-state index in [0.717, 1.165) is 34.7 Å². The first-order valence-corrected chi connectivity index (χ1v) is 12.1. The van der Waals surface area contributed by atoms with Crippen molar-refractivity contribution in [2.75, 3.05) is 36.0 Å². The summed E-state index contributed by atoms with van der Waals surface area (Å²) in [5, 5.41) is 1.17. The van der Waals surface area contributed by atoms with E-state index in [4.69, 9.17) is 9.97 Å². The topological polar surface area (TPSA) is 32.3 Å². The second-order valence-electron chi connectivity index (χ2n) is 9.00. The molecule has 154 valence electrons. The summed E-state index contributed by atoms with van der Waals surface area (Å²) in [6.07, 6.45) is 6.16. The molecule has 2 aromatic carbocycles. The number of para-hydroxylation sites is 1. The van der Waals surface area contributed by atoms with Gasteiger partial charge >= 0.3 is 0 Å². The van der Waals surface area contributed by atoms with Gasteiger partial charge in [-0.05, 0) is 67.9 Å². The van der Waals surface area contributed by atoms with Crippen LogP contribution in [0.4, 0.5) is 11.5 Å². The maximum atomic E-state index is 5.08. The standard InChI is InChI=1S/C25H27BrN4/c26-19-8-9-22-21(16-19)25(28-24(27-22)18-6-7-18)30-14-10-17(11-15-30)20-4-1-2-5-23(20)29-12-3-13-29/h1-2,4-5,8-9,16-18H,3,6-7,10-15H2. The summed E-state index contributed by atoms with van der Waals surface area (Å²) in [7, 11) is 0. The van der Waals surface area contributed by atoms with Crippen LogP contribution in [0.5, 0.6) is 0 Å². The van der Waals surface area contributed by atoms with E-state index in [2.05, 4.69) is 68.2 Å². The van der Waals surface area contributed by atoms with Gasteiger partial charge in [-0.25, -0.2) is 9.97 Å². The fourth-order valence-electron chi connectivity index (χ4n) is 4.95. The number of hydrogen-bond donors (Lipinski definition) is 0. The summed E-state index contributed by atoms with van der Waals surface area (Å²) in [4.78, 5) is 15.0. The molecule has 2 aliphatic heterocycles. The summed E-state index contributed by atoms with van der Waals surface area (Å²) in [6.45, 7) is 4.53. The lowest BCUT2D eigenvalue weighted by atomic mass is 9.87. The van der Waals surface area contributed by atoms with Gasteiger partial charge in [-0.3, -0.25) is 0 Å². The molecule has 3 aliphatic rings. The van der Waals surface area contributed by atoms with Crippen molar-refractivity contribution < 1.29 is 0 Å². The number of fused-ring (bicyclic) bond motifs is 1. The van der Waals surface area contributed by atoms with Gasteiger partial charge in [0.05, 0.1) is 5.52 Å². The Kier molecular flexibility index (Phi) is 4.67. The number of aromatic nitrogens is 2. The van der Waals surface area contributed by atoms with Crippen LogP contribution >= 0.6 is 15.9 Å². The first kappa shape index (κ1) is 18.6. The van der Waals surface area contributed by atoms with E-state index < -0.39 is 0 Å². The molecule has 3 heterocycles. The summed E-state index contributed by atoms with van der Waals surface area (Å²) in [5.74, 6) is 3.39. The van der Waals surface area contributed by atoms with E-state index in [1.165, 1.54) is 56.3 Å². The molecule has 4 nitrogen and oxygen atoms in total. The van der Waals surface area contributed by atoms with Gasteiger partial charge in [0, 0.05) is 47.6 Å². The van der Waals surface area contributed by atoms with E-state index in [9.17, 15) is 0 Å². The van der Waals surface area contributed by atoms with Crippen LogP contribution in [0.3, 0.4) is 0 Å². The van der Waals surface area contributed by atoms with Crippen molar-refractivity contribution in [3.8, 4) is 0 Å². The zero-order valence-electron chi connectivity index (χ0n) is 17.2. The number of rotatable bonds is 4. The first-order chi connectivity index (χ1) is 14.8. The fraction of sp³-hybridized carbons (Fsp3) is 0.440. The van der Waals surface area contributed by atoms with Gasteiger partial charge in [-0.2, -0.15) is 0 Å². The van der Waals surface area contributed by atoms with E-state index >= 15 is 0 Å². The number of halogens is 1. The predicted octanol–water partition coefficient (Wildman–Crippen LogP) is 5.86. The molecule has 1 aromatic heterocycles. The number of nitrogens with zero attached hydrogens (tertiary/aromatic N) is 4. The summed E-state index contributed by atoms with van der Waals surface area (Å²) in [5.41, 5.74) is 4.09. The van der Waals surface area contributed by atoms with E-state index in [1.807, 2.05) is 0 Å². The Morgan fingerprint density at radius 3 is 2.33 bits per heavy atom. The molecule has 2 saturated heterocycles. The Morgan fingerprint density at radius 2 is 1.60 bits per heavy atom. The number of hydrogen-bond acceptors (Lipinski definition) is 4. The molecule has 6 rings (SSSR count). The molecule has 1 saturated carbocycles. The van der Waals surface area contributed by atoms with Gasteiger partial charge < -0.3 is 9.80 Å². The van der Waals surface area contributed by atoms with Crippen molar-refractivity contribution in [2.45, 2.75) is 43.9 Å². The van der Waals surface area contributed by atoms with Gasteiger partial charge in [0.2, 0.25) is 0 Å². The quantitative estimate of drug-likeness (QED) is 0.485. The Morgan fingerprint density at radius 1 is 0.800 bits per heavy atom. The zero-order valence-corrected chi connectivity index (χ0v) is 18.8. The van der Waals surface area contributed by atoms with Crippen LogP contribution in [0, 0.1) is 0 Å². The molecule has 0 bridgehead atoms. The van der Waals surface area contributed by atoms with E-state index in [-0.39, 0.29) is 0 Å². The SMILES string of the molecule is Brc1ccc2nc(C3CC3)nc(N3CCC(c4ccccc4N4CCC4)CC3)c2c1. The normalized spacial score (nSPS) is 19.9. The molecule has 1 aliphatic carbocycles. The van der Waals surface area contributed by atoms with Gasteiger partial charge in [0.1, 0.15) is 11.6 Å². The molecular weight excluding hydrogens is 436 g/mol. The summed E-state index contributed by atoms with van der Waals surface area (Å²) in [6, 6.07) is 15.5. The lowest BCUT2D eigenvalue weighted by Gasteiger charge is -2.38. The lowest BCUT2D eigenvalue weighted by Crippen LogP contribution is -2.39. The predicted molar refractivity (Wildman–Crippen MR) is 127 cm³/mol. The van der Waals surface area contributed by atoms with Crippen LogP contribution in [0.25, 0.3) is 10.9 Å². The van der Waals surface area contributed by atoms with Gasteiger partial charge in [0.15, 0.2) is 0 Å². The third-order valence-electron chi connectivity index (χ3n) is 6.97. The largest absolute Gasteiger partial charge is 0.371 e. The third-order valence-corrected chi connectivity index (χ3v) is 7.46. The Balaban J connectivity index is 1.28. The maximum Gasteiger partial charge on any atom is 0.140 e. The smallest absolute Gasteiger partial charge is 0.140 e. The van der Waals surface area contributed by atoms with Crippen molar-refractivity contribution in [1.29, 1.82) is 0 Å². The number of piperidine rings is 1. The third kappa shape index (κ3) is 3.37. The van der Waals surface area contributed by atoms with Crippen molar-refractivity contribution >= 4 is 38.3 Å². The van der Waals surface area contributed by atoms with Crippen molar-refractivity contribution in [1.82, 2.24) is 9.97 Å². The first-order valence-electron chi connectivity index (χ1n) is 11.3. The minimum absolute atomic E-state index is 0.567. The second-order valence-corrected chi connectivity index (χ2v) is 9.92. The fourth-order valence-corrected chi connectivity index (χ4v) is 5.31. The summed E-state index contributed by atoms with van der Waals surface area (Å²) < 4.78 is 1.09. The van der Waals surface area contributed by atoms with Crippen LogP contribution < -0.4 is 9.80 Å². The van der Waals surface area contributed by atoms with Crippen LogP contribution in [-0.4, -0.2) is 36.1 Å². The number of benzene rings is 2. The Hall–Kier alpha value is -2.14. The number of anilines is 2. The van der Waals surface area contributed by atoms with E-state index in [1.54, 1.807) is 5.56 Å². The Labute approximate surface area is 186 Å². The second kappa shape index (κ2) is 7.52. The summed E-state index contributed by atoms with van der Waals surface area (Å²) >= 11 is 3.65. The average molecular weight is 463 g/mol. The maximum absolute atomic E-state index is 5.08. The van der Waals surface area contributed by atoms with Crippen LogP contribution in [0.2, 0.25) is 0 Å². The highest BCUT2D eigenvalue weighted by atomic mass is 79.9. The zero-order chi connectivity index (χ0) is 20.1. The van der Waals surface area contributed by atoms with Crippen LogP contribution in [0.15, 0.2) is 46.9 Å². The molecule has 0 N–H and O–H groups in total. The molecule has 3 aromatic rings. The van der Waals surface area contributed by atoms with Crippen LogP contribution in [0.1, 0.15) is 55.3 Å². The van der Waals surface area contributed by atoms with Gasteiger partial charge in [0.25, 0.3) is 0 Å². The van der Waals surface area contributed by atoms with Crippen LogP contribution in [-0.2, 0) is 0 Å². The molecule has 0 amide bonds.